The lowest BCUT2D eigenvalue weighted by molar-refractivity contribution is 0.0924. The van der Waals surface area contributed by atoms with E-state index in [4.69, 9.17) is 5.73 Å². The third-order valence-corrected chi connectivity index (χ3v) is 7.45. The van der Waals surface area contributed by atoms with Gasteiger partial charge < -0.3 is 26.6 Å². The average molecular weight is 477 g/mol. The van der Waals surface area contributed by atoms with Crippen molar-refractivity contribution in [1.29, 1.82) is 0 Å². The van der Waals surface area contributed by atoms with Crippen molar-refractivity contribution in [1.82, 2.24) is 15.6 Å². The molecule has 2 amide bonds. The number of nitrogens with zero attached hydrogens (tertiary/aromatic N) is 2. The number of anilines is 2. The lowest BCUT2D eigenvalue weighted by Gasteiger charge is -2.40. The zero-order chi connectivity index (χ0) is 24.5. The number of hydrogen-bond donors (Lipinski definition) is 4. The van der Waals surface area contributed by atoms with Gasteiger partial charge in [0.05, 0.1) is 5.56 Å². The molecule has 35 heavy (non-hydrogen) atoms. The fraction of sp³-hybridized carbons (Fsp3) is 0.462. The molecule has 9 nitrogen and oxygen atoms in total. The summed E-state index contributed by atoms with van der Waals surface area (Å²) < 4.78 is 0. The van der Waals surface area contributed by atoms with Gasteiger partial charge in [0.25, 0.3) is 11.8 Å². The second-order valence-electron chi connectivity index (χ2n) is 9.85. The molecule has 1 aromatic heterocycles. The van der Waals surface area contributed by atoms with E-state index in [1.165, 1.54) is 0 Å². The Bertz CT molecular complexity index is 1110. The summed E-state index contributed by atoms with van der Waals surface area (Å²) in [5, 5.41) is 9.87. The maximum Gasteiger partial charge on any atom is 0.251 e. The minimum absolute atomic E-state index is 0.00979. The predicted molar refractivity (Wildman–Crippen MR) is 134 cm³/mol. The van der Waals surface area contributed by atoms with Gasteiger partial charge in [0.2, 0.25) is 0 Å². The van der Waals surface area contributed by atoms with Gasteiger partial charge in [-0.1, -0.05) is 0 Å². The summed E-state index contributed by atoms with van der Waals surface area (Å²) in [6, 6.07) is 9.67. The Morgan fingerprint density at radius 2 is 1.77 bits per heavy atom. The van der Waals surface area contributed by atoms with E-state index in [9.17, 15) is 14.4 Å². The molecule has 0 spiro atoms. The number of hydrogen-bond acceptors (Lipinski definition) is 7. The zero-order valence-corrected chi connectivity index (χ0v) is 19.9. The summed E-state index contributed by atoms with van der Waals surface area (Å²) in [7, 11) is 0. The SMILES string of the molecule is CC(=O)c1ccc(N2[C@@H]3CC[C@H]2C[C@@H](NC(=O)c2ccc(C(N)=O)c(NC4CCNC4)c2)C3)nc1. The topological polar surface area (TPSA) is 129 Å². The fourth-order valence-electron chi connectivity index (χ4n) is 5.70. The van der Waals surface area contributed by atoms with E-state index in [1.54, 1.807) is 31.3 Å². The number of ketones is 1. The van der Waals surface area contributed by atoms with Crippen LogP contribution in [0.4, 0.5) is 11.5 Å². The molecular weight excluding hydrogens is 444 g/mol. The number of benzene rings is 1. The van der Waals surface area contributed by atoms with Gasteiger partial charge in [-0.3, -0.25) is 14.4 Å². The molecule has 3 aliphatic heterocycles. The van der Waals surface area contributed by atoms with E-state index in [2.05, 4.69) is 25.8 Å². The molecule has 0 aliphatic carbocycles. The van der Waals surface area contributed by atoms with Crippen molar-refractivity contribution in [3.05, 3.63) is 53.2 Å². The summed E-state index contributed by atoms with van der Waals surface area (Å²) in [5.74, 6) is 0.247. The van der Waals surface area contributed by atoms with Crippen LogP contribution in [0.25, 0.3) is 0 Å². The molecule has 1 aromatic carbocycles. The highest BCUT2D eigenvalue weighted by molar-refractivity contribution is 6.02. The zero-order valence-electron chi connectivity index (χ0n) is 19.9. The number of nitrogens with one attached hydrogen (secondary N) is 3. The third kappa shape index (κ3) is 4.86. The molecule has 3 saturated heterocycles. The van der Waals surface area contributed by atoms with Crippen LogP contribution in [0.3, 0.4) is 0 Å². The van der Waals surface area contributed by atoms with Crippen LogP contribution in [0.15, 0.2) is 36.5 Å². The number of primary amides is 1. The highest BCUT2D eigenvalue weighted by atomic mass is 16.2. The normalized spacial score (nSPS) is 25.3. The van der Waals surface area contributed by atoms with Crippen LogP contribution in [-0.2, 0) is 0 Å². The lowest BCUT2D eigenvalue weighted by atomic mass is 9.96. The minimum Gasteiger partial charge on any atom is -0.380 e. The summed E-state index contributed by atoms with van der Waals surface area (Å²) in [6.45, 7) is 3.27. The van der Waals surface area contributed by atoms with Crippen LogP contribution < -0.4 is 26.6 Å². The fourth-order valence-corrected chi connectivity index (χ4v) is 5.70. The summed E-state index contributed by atoms with van der Waals surface area (Å²) in [4.78, 5) is 43.5. The molecule has 0 saturated carbocycles. The smallest absolute Gasteiger partial charge is 0.251 e. The lowest BCUT2D eigenvalue weighted by Crippen LogP contribution is -2.50. The molecule has 2 aromatic rings. The van der Waals surface area contributed by atoms with Gasteiger partial charge in [0.15, 0.2) is 5.78 Å². The van der Waals surface area contributed by atoms with Crippen molar-refractivity contribution in [2.24, 2.45) is 5.73 Å². The molecular formula is C26H32N6O3. The molecule has 3 aliphatic rings. The molecule has 3 fully saturated rings. The Balaban J connectivity index is 1.26. The maximum absolute atomic E-state index is 13.1. The molecule has 1 unspecified atom stereocenters. The molecule has 4 atom stereocenters. The van der Waals surface area contributed by atoms with Gasteiger partial charge in [0.1, 0.15) is 5.82 Å². The van der Waals surface area contributed by atoms with Gasteiger partial charge in [0, 0.05) is 53.7 Å². The number of piperidine rings is 1. The molecule has 5 N–H and O–H groups in total. The van der Waals surface area contributed by atoms with Crippen LogP contribution in [-0.4, -0.2) is 59.8 Å². The van der Waals surface area contributed by atoms with Crippen LogP contribution in [0.1, 0.15) is 70.1 Å². The Hall–Kier alpha value is -3.46. The number of amides is 2. The standard InChI is InChI=1S/C26H32N6O3/c1-15(33)17-3-7-24(29-13-17)32-20-4-5-21(32)12-19(11-20)31-26(35)16-2-6-22(25(27)34)23(10-16)30-18-8-9-28-14-18/h2-3,6-7,10,13,18-21,28,30H,4-5,8-9,11-12,14H2,1H3,(H2,27,34)(H,31,35)/t18?,19-,20+,21-. The Morgan fingerprint density at radius 3 is 2.37 bits per heavy atom. The molecule has 0 radical (unpaired) electrons. The number of pyridine rings is 1. The number of carbonyl (C=O) groups excluding carboxylic acids is 3. The number of Topliss-reactive ketones (excluding diaryl/α,β-unsaturated/α-hetero) is 1. The van der Waals surface area contributed by atoms with Crippen molar-refractivity contribution in [3.63, 3.8) is 0 Å². The molecule has 184 valence electrons. The van der Waals surface area contributed by atoms with E-state index >= 15 is 0 Å². The summed E-state index contributed by atoms with van der Waals surface area (Å²) >= 11 is 0. The van der Waals surface area contributed by atoms with Gasteiger partial charge >= 0.3 is 0 Å². The van der Waals surface area contributed by atoms with E-state index in [-0.39, 0.29) is 23.8 Å². The van der Waals surface area contributed by atoms with Gasteiger partial charge in [-0.2, -0.15) is 0 Å². The van der Waals surface area contributed by atoms with E-state index in [0.717, 1.165) is 51.0 Å². The average Bonchev–Trinajstić information content (AvgIpc) is 3.44. The third-order valence-electron chi connectivity index (χ3n) is 7.45. The second kappa shape index (κ2) is 9.65. The van der Waals surface area contributed by atoms with Crippen LogP contribution in [0.2, 0.25) is 0 Å². The Morgan fingerprint density at radius 1 is 1.03 bits per heavy atom. The molecule has 4 heterocycles. The largest absolute Gasteiger partial charge is 0.380 e. The van der Waals surface area contributed by atoms with Crippen LogP contribution in [0.5, 0.6) is 0 Å². The Kier molecular flexibility index (Phi) is 6.42. The Labute approximate surface area is 204 Å². The number of nitrogens with two attached hydrogens (primary N) is 1. The van der Waals surface area contributed by atoms with Gasteiger partial charge in [-0.25, -0.2) is 4.98 Å². The number of fused-ring (bicyclic) bond motifs is 2. The van der Waals surface area contributed by atoms with Gasteiger partial charge in [-0.15, -0.1) is 0 Å². The second-order valence-corrected chi connectivity index (χ2v) is 9.85. The van der Waals surface area contributed by atoms with Crippen molar-refractivity contribution in [2.45, 2.75) is 63.2 Å². The van der Waals surface area contributed by atoms with Crippen molar-refractivity contribution in [2.75, 3.05) is 23.3 Å². The van der Waals surface area contributed by atoms with E-state index in [0.29, 0.717) is 34.5 Å². The molecule has 2 bridgehead atoms. The van der Waals surface area contributed by atoms with Crippen molar-refractivity contribution < 1.29 is 14.4 Å². The van der Waals surface area contributed by atoms with E-state index in [1.807, 2.05) is 12.1 Å². The van der Waals surface area contributed by atoms with E-state index < -0.39 is 5.91 Å². The summed E-state index contributed by atoms with van der Waals surface area (Å²) in [6.07, 6.45) is 6.40. The minimum atomic E-state index is -0.515. The molecule has 5 rings (SSSR count). The van der Waals surface area contributed by atoms with Crippen LogP contribution in [0, 0.1) is 0 Å². The number of aromatic nitrogens is 1. The van der Waals surface area contributed by atoms with Crippen molar-refractivity contribution in [3.8, 4) is 0 Å². The van der Waals surface area contributed by atoms with Crippen molar-refractivity contribution >= 4 is 29.1 Å². The predicted octanol–water partition coefficient (Wildman–Crippen LogP) is 2.09. The quantitative estimate of drug-likeness (QED) is 0.450. The monoisotopic (exact) mass is 476 g/mol. The van der Waals surface area contributed by atoms with Crippen LogP contribution >= 0.6 is 0 Å². The first kappa shape index (κ1) is 23.3. The first-order chi connectivity index (χ1) is 16.9. The summed E-state index contributed by atoms with van der Waals surface area (Å²) in [5.41, 5.74) is 7.69. The first-order valence-electron chi connectivity index (χ1n) is 12.4. The number of rotatable bonds is 7. The first-order valence-corrected chi connectivity index (χ1v) is 12.4. The number of carbonyl (C=O) groups is 3. The van der Waals surface area contributed by atoms with Gasteiger partial charge in [-0.05, 0) is 75.9 Å². The highest BCUT2D eigenvalue weighted by Gasteiger charge is 2.41. The highest BCUT2D eigenvalue weighted by Crippen LogP contribution is 2.38. The molecule has 9 heteroatoms. The maximum atomic E-state index is 13.1.